The number of halogens is 1. The first-order chi connectivity index (χ1) is 7.78. The summed E-state index contributed by atoms with van der Waals surface area (Å²) in [6.07, 6.45) is 0.298. The van der Waals surface area contributed by atoms with Gasteiger partial charge in [0.2, 0.25) is 5.28 Å². The minimum Gasteiger partial charge on any atom is -0.378 e. The topological polar surface area (TPSA) is 47.5 Å². The van der Waals surface area contributed by atoms with Crippen molar-refractivity contribution in [2.24, 2.45) is 0 Å². The highest BCUT2D eigenvalue weighted by atomic mass is 35.5. The molecule has 0 amide bonds. The lowest BCUT2D eigenvalue weighted by molar-refractivity contribution is 0.0779. The van der Waals surface area contributed by atoms with Crippen molar-refractivity contribution in [3.8, 4) is 0 Å². The number of hydrogen-bond donors (Lipinski definition) is 0. The van der Waals surface area contributed by atoms with Crippen LogP contribution in [0, 0.1) is 0 Å². The highest BCUT2D eigenvalue weighted by Gasteiger charge is 2.32. The van der Waals surface area contributed by atoms with Crippen LogP contribution in [0.25, 0.3) is 0 Å². The van der Waals surface area contributed by atoms with Crippen molar-refractivity contribution >= 4 is 17.4 Å². The molecule has 2 aliphatic heterocycles. The molecule has 0 spiro atoms. The molecule has 6 heteroatoms. The van der Waals surface area contributed by atoms with Gasteiger partial charge in [0, 0.05) is 25.8 Å². The summed E-state index contributed by atoms with van der Waals surface area (Å²) in [5.74, 6) is 0.904. The Balaban J connectivity index is 1.90. The van der Waals surface area contributed by atoms with E-state index in [9.17, 15) is 0 Å². The second-order valence-corrected chi connectivity index (χ2v) is 4.34. The van der Waals surface area contributed by atoms with Crippen molar-refractivity contribution in [3.05, 3.63) is 16.5 Å². The van der Waals surface area contributed by atoms with Gasteiger partial charge in [0.05, 0.1) is 25.0 Å². The second-order valence-electron chi connectivity index (χ2n) is 4.00. The molecule has 16 heavy (non-hydrogen) atoms. The third kappa shape index (κ3) is 1.55. The summed E-state index contributed by atoms with van der Waals surface area (Å²) in [7, 11) is 1.72. The summed E-state index contributed by atoms with van der Waals surface area (Å²) >= 11 is 5.89. The van der Waals surface area contributed by atoms with Crippen molar-refractivity contribution in [2.45, 2.75) is 19.3 Å². The molecule has 0 aromatic carbocycles. The largest absolute Gasteiger partial charge is 0.378 e. The Morgan fingerprint density at radius 1 is 1.38 bits per heavy atom. The zero-order chi connectivity index (χ0) is 11.1. The van der Waals surface area contributed by atoms with Gasteiger partial charge in [-0.25, -0.2) is 9.97 Å². The van der Waals surface area contributed by atoms with E-state index >= 15 is 0 Å². The van der Waals surface area contributed by atoms with Gasteiger partial charge in [-0.3, -0.25) is 0 Å². The fourth-order valence-corrected chi connectivity index (χ4v) is 2.21. The first kappa shape index (κ1) is 10.3. The Bertz CT molecular complexity index is 421. The molecule has 0 atom stereocenters. The van der Waals surface area contributed by atoms with Crippen LogP contribution < -0.4 is 4.90 Å². The van der Waals surface area contributed by atoms with E-state index in [0.717, 1.165) is 30.2 Å². The molecular formula is C10H12ClN3O2. The van der Waals surface area contributed by atoms with Crippen LogP contribution in [0.4, 0.5) is 5.82 Å². The summed E-state index contributed by atoms with van der Waals surface area (Å²) in [6, 6.07) is 0. The minimum absolute atomic E-state index is 0.292. The maximum absolute atomic E-state index is 5.89. The zero-order valence-corrected chi connectivity index (χ0v) is 9.70. The smallest absolute Gasteiger partial charge is 0.224 e. The number of anilines is 1. The Labute approximate surface area is 98.3 Å². The molecule has 1 aromatic rings. The van der Waals surface area contributed by atoms with Gasteiger partial charge in [0.1, 0.15) is 5.82 Å². The van der Waals surface area contributed by atoms with Crippen LogP contribution in [-0.4, -0.2) is 36.3 Å². The van der Waals surface area contributed by atoms with Crippen LogP contribution in [0.3, 0.4) is 0 Å². The van der Waals surface area contributed by atoms with Gasteiger partial charge in [-0.15, -0.1) is 0 Å². The van der Waals surface area contributed by atoms with Crippen molar-refractivity contribution in [1.82, 2.24) is 9.97 Å². The van der Waals surface area contributed by atoms with Crippen LogP contribution in [-0.2, 0) is 22.7 Å². The molecule has 2 aliphatic rings. The van der Waals surface area contributed by atoms with E-state index in [2.05, 4.69) is 14.9 Å². The summed E-state index contributed by atoms with van der Waals surface area (Å²) in [5.41, 5.74) is 1.98. The van der Waals surface area contributed by atoms with E-state index in [1.807, 2.05) is 0 Å². The molecule has 0 bridgehead atoms. The van der Waals surface area contributed by atoms with Gasteiger partial charge < -0.3 is 14.4 Å². The average Bonchev–Trinajstić information content (AvgIpc) is 2.63. The Morgan fingerprint density at radius 3 is 2.94 bits per heavy atom. The normalized spacial score (nSPS) is 19.8. The molecule has 0 radical (unpaired) electrons. The van der Waals surface area contributed by atoms with Gasteiger partial charge in [-0.05, 0) is 11.6 Å². The molecule has 1 aromatic heterocycles. The molecule has 1 saturated heterocycles. The van der Waals surface area contributed by atoms with Gasteiger partial charge >= 0.3 is 0 Å². The molecular weight excluding hydrogens is 230 g/mol. The summed E-state index contributed by atoms with van der Waals surface area (Å²) in [4.78, 5) is 10.6. The Kier molecular flexibility index (Phi) is 2.46. The van der Waals surface area contributed by atoms with Gasteiger partial charge in [-0.2, -0.15) is 0 Å². The molecule has 0 unspecified atom stereocenters. The molecule has 3 heterocycles. The molecule has 3 rings (SSSR count). The van der Waals surface area contributed by atoms with Crippen molar-refractivity contribution in [3.63, 3.8) is 0 Å². The lowest BCUT2D eigenvalue weighted by atomic mass is 10.1. The third-order valence-electron chi connectivity index (χ3n) is 3.01. The summed E-state index contributed by atoms with van der Waals surface area (Å²) in [6.45, 7) is 2.83. The van der Waals surface area contributed by atoms with Gasteiger partial charge in [0.25, 0.3) is 0 Å². The zero-order valence-electron chi connectivity index (χ0n) is 8.94. The van der Waals surface area contributed by atoms with Crippen LogP contribution in [0.15, 0.2) is 0 Å². The summed E-state index contributed by atoms with van der Waals surface area (Å²) < 4.78 is 10.6. The van der Waals surface area contributed by atoms with E-state index in [0.29, 0.717) is 24.6 Å². The number of rotatable bonds is 2. The lowest BCUT2D eigenvalue weighted by Gasteiger charge is -2.39. The molecule has 0 N–H and O–H groups in total. The fourth-order valence-electron chi connectivity index (χ4n) is 2.03. The molecule has 1 fully saturated rings. The van der Waals surface area contributed by atoms with E-state index in [1.54, 1.807) is 7.11 Å². The number of fused-ring (bicyclic) bond motifs is 1. The van der Waals surface area contributed by atoms with Crippen LogP contribution in [0.1, 0.15) is 11.3 Å². The monoisotopic (exact) mass is 241 g/mol. The minimum atomic E-state index is 0.292. The maximum Gasteiger partial charge on any atom is 0.224 e. The summed E-state index contributed by atoms with van der Waals surface area (Å²) in [5, 5.41) is 0.292. The van der Waals surface area contributed by atoms with Crippen LogP contribution in [0.5, 0.6) is 0 Å². The second kappa shape index (κ2) is 3.84. The standard InChI is InChI=1S/C10H12ClN3O2/c1-15-6-2-14(3-6)9-7-4-16-5-8(7)12-10(11)13-9/h6H,2-5H2,1H3. The SMILES string of the molecule is COC1CN(c2nc(Cl)nc3c2COC3)C1. The van der Waals surface area contributed by atoms with Crippen LogP contribution in [0.2, 0.25) is 5.28 Å². The predicted octanol–water partition coefficient (Wildman–Crippen LogP) is 0.995. The van der Waals surface area contributed by atoms with Crippen molar-refractivity contribution in [2.75, 3.05) is 25.1 Å². The van der Waals surface area contributed by atoms with Crippen LogP contribution >= 0.6 is 11.6 Å². The number of nitrogens with zero attached hydrogens (tertiary/aromatic N) is 3. The molecule has 0 saturated carbocycles. The highest BCUT2D eigenvalue weighted by molar-refractivity contribution is 6.28. The average molecular weight is 242 g/mol. The van der Waals surface area contributed by atoms with Crippen molar-refractivity contribution < 1.29 is 9.47 Å². The predicted molar refractivity (Wildman–Crippen MR) is 58.5 cm³/mol. The number of methoxy groups -OCH3 is 1. The maximum atomic E-state index is 5.89. The first-order valence-electron chi connectivity index (χ1n) is 5.18. The first-order valence-corrected chi connectivity index (χ1v) is 5.56. The van der Waals surface area contributed by atoms with Gasteiger partial charge in [0.15, 0.2) is 0 Å². The quantitative estimate of drug-likeness (QED) is 0.723. The van der Waals surface area contributed by atoms with Gasteiger partial charge in [-0.1, -0.05) is 0 Å². The molecule has 5 nitrogen and oxygen atoms in total. The van der Waals surface area contributed by atoms with E-state index in [4.69, 9.17) is 21.1 Å². The third-order valence-corrected chi connectivity index (χ3v) is 3.18. The fraction of sp³-hybridized carbons (Fsp3) is 0.600. The Morgan fingerprint density at radius 2 is 2.19 bits per heavy atom. The number of hydrogen-bond acceptors (Lipinski definition) is 5. The number of ether oxygens (including phenoxy) is 2. The highest BCUT2D eigenvalue weighted by Crippen LogP contribution is 2.31. The lowest BCUT2D eigenvalue weighted by Crippen LogP contribution is -2.52. The molecule has 0 aliphatic carbocycles. The van der Waals surface area contributed by atoms with E-state index in [1.165, 1.54) is 0 Å². The molecule has 86 valence electrons. The number of aromatic nitrogens is 2. The van der Waals surface area contributed by atoms with E-state index < -0.39 is 0 Å². The van der Waals surface area contributed by atoms with E-state index in [-0.39, 0.29) is 0 Å². The van der Waals surface area contributed by atoms with Crippen molar-refractivity contribution in [1.29, 1.82) is 0 Å². The Hall–Kier alpha value is -0.910.